The van der Waals surface area contributed by atoms with Crippen LogP contribution in [0.3, 0.4) is 0 Å². The topological polar surface area (TPSA) is 21.3 Å². The molecule has 0 fully saturated rings. The second kappa shape index (κ2) is 8.04. The van der Waals surface area contributed by atoms with Crippen LogP contribution in [0.5, 0.6) is 0 Å². The van der Waals surface area contributed by atoms with E-state index < -0.39 is 0 Å². The van der Waals surface area contributed by atoms with E-state index in [-0.39, 0.29) is 0 Å². The van der Waals surface area contributed by atoms with Crippen LogP contribution in [0.1, 0.15) is 31.9 Å². The molecule has 0 saturated carbocycles. The molecule has 0 atom stereocenters. The number of ether oxygens (including phenoxy) is 1. The quantitative estimate of drug-likeness (QED) is 0.576. The Morgan fingerprint density at radius 1 is 1.24 bits per heavy atom. The number of hydrogen-bond donors (Lipinski definition) is 1. The third kappa shape index (κ3) is 5.66. The molecule has 2 heteroatoms. The van der Waals surface area contributed by atoms with Crippen LogP contribution in [-0.4, -0.2) is 12.6 Å². The van der Waals surface area contributed by atoms with Crippen molar-refractivity contribution >= 4 is 0 Å². The van der Waals surface area contributed by atoms with Crippen molar-refractivity contribution < 1.29 is 4.74 Å². The Hall–Kier alpha value is -1.12. The molecule has 0 spiro atoms. The number of nitrogens with one attached hydrogen (secondary N) is 1. The SMILES string of the molecule is CC=CCOCc1ccccc1CNC(C)C. The van der Waals surface area contributed by atoms with Gasteiger partial charge in [-0.05, 0) is 18.1 Å². The van der Waals surface area contributed by atoms with E-state index in [4.69, 9.17) is 4.74 Å². The van der Waals surface area contributed by atoms with Crippen molar-refractivity contribution in [1.82, 2.24) is 5.32 Å². The summed E-state index contributed by atoms with van der Waals surface area (Å²) in [6.45, 7) is 8.59. The minimum atomic E-state index is 0.506. The molecule has 0 bridgehead atoms. The predicted octanol–water partition coefficient (Wildman–Crippen LogP) is 3.28. The molecule has 1 rings (SSSR count). The Labute approximate surface area is 105 Å². The van der Waals surface area contributed by atoms with Gasteiger partial charge in [-0.25, -0.2) is 0 Å². The lowest BCUT2D eigenvalue weighted by Gasteiger charge is -2.12. The molecule has 1 aromatic rings. The van der Waals surface area contributed by atoms with Crippen LogP contribution in [0.15, 0.2) is 36.4 Å². The summed E-state index contributed by atoms with van der Waals surface area (Å²) in [4.78, 5) is 0. The highest BCUT2D eigenvalue weighted by Gasteiger charge is 2.02. The molecule has 1 N–H and O–H groups in total. The van der Waals surface area contributed by atoms with Crippen molar-refractivity contribution in [1.29, 1.82) is 0 Å². The van der Waals surface area contributed by atoms with Crippen molar-refractivity contribution in [3.05, 3.63) is 47.5 Å². The lowest BCUT2D eigenvalue weighted by Crippen LogP contribution is -2.22. The smallest absolute Gasteiger partial charge is 0.0724 e. The molecule has 17 heavy (non-hydrogen) atoms. The summed E-state index contributed by atoms with van der Waals surface area (Å²) in [6.07, 6.45) is 4.03. The van der Waals surface area contributed by atoms with Gasteiger partial charge >= 0.3 is 0 Å². The number of allylic oxidation sites excluding steroid dienone is 1. The molecular formula is C15H23NO. The monoisotopic (exact) mass is 233 g/mol. The first-order valence-electron chi connectivity index (χ1n) is 6.23. The maximum Gasteiger partial charge on any atom is 0.0724 e. The molecule has 1 aromatic carbocycles. The average molecular weight is 233 g/mol. The van der Waals surface area contributed by atoms with E-state index in [0.29, 0.717) is 19.3 Å². The summed E-state index contributed by atoms with van der Waals surface area (Å²) in [5.41, 5.74) is 2.59. The zero-order chi connectivity index (χ0) is 12.5. The Bertz CT molecular complexity index is 345. The van der Waals surface area contributed by atoms with Gasteiger partial charge in [-0.1, -0.05) is 50.3 Å². The highest BCUT2D eigenvalue weighted by atomic mass is 16.5. The van der Waals surface area contributed by atoms with Gasteiger partial charge in [-0.3, -0.25) is 0 Å². The highest BCUT2D eigenvalue weighted by Crippen LogP contribution is 2.10. The lowest BCUT2D eigenvalue weighted by molar-refractivity contribution is 0.148. The van der Waals surface area contributed by atoms with Gasteiger partial charge < -0.3 is 10.1 Å². The molecule has 0 aliphatic heterocycles. The number of hydrogen-bond acceptors (Lipinski definition) is 2. The molecule has 0 aliphatic rings. The Balaban J connectivity index is 2.51. The van der Waals surface area contributed by atoms with E-state index in [1.54, 1.807) is 0 Å². The van der Waals surface area contributed by atoms with Crippen LogP contribution in [0.25, 0.3) is 0 Å². The molecule has 2 nitrogen and oxygen atoms in total. The maximum absolute atomic E-state index is 5.59. The summed E-state index contributed by atoms with van der Waals surface area (Å²) in [5, 5.41) is 3.43. The van der Waals surface area contributed by atoms with Crippen LogP contribution < -0.4 is 5.32 Å². The molecule has 0 aromatic heterocycles. The Morgan fingerprint density at radius 2 is 1.94 bits per heavy atom. The summed E-state index contributed by atoms with van der Waals surface area (Å²) >= 11 is 0. The van der Waals surface area contributed by atoms with Crippen molar-refractivity contribution in [3.8, 4) is 0 Å². The van der Waals surface area contributed by atoms with Crippen molar-refractivity contribution in [2.75, 3.05) is 6.61 Å². The van der Waals surface area contributed by atoms with Crippen LogP contribution in [0.2, 0.25) is 0 Å². The van der Waals surface area contributed by atoms with Gasteiger partial charge in [0.25, 0.3) is 0 Å². The Kier molecular flexibility index (Phi) is 6.60. The van der Waals surface area contributed by atoms with Gasteiger partial charge in [-0.15, -0.1) is 0 Å². The van der Waals surface area contributed by atoms with Gasteiger partial charge in [0.2, 0.25) is 0 Å². The molecule has 0 aliphatic carbocycles. The standard InChI is InChI=1S/C15H23NO/c1-4-5-10-17-12-15-9-7-6-8-14(15)11-16-13(2)3/h4-9,13,16H,10-12H2,1-3H3. The maximum atomic E-state index is 5.59. The summed E-state index contributed by atoms with van der Waals surface area (Å²) in [7, 11) is 0. The van der Waals surface area contributed by atoms with E-state index in [2.05, 4.69) is 43.4 Å². The van der Waals surface area contributed by atoms with Gasteiger partial charge in [0.15, 0.2) is 0 Å². The Morgan fingerprint density at radius 3 is 2.59 bits per heavy atom. The summed E-state index contributed by atoms with van der Waals surface area (Å²) in [5.74, 6) is 0. The third-order valence-electron chi connectivity index (χ3n) is 2.53. The minimum Gasteiger partial charge on any atom is -0.373 e. The second-order valence-electron chi connectivity index (χ2n) is 4.39. The molecule has 0 amide bonds. The molecule has 0 saturated heterocycles. The average Bonchev–Trinajstić information content (AvgIpc) is 2.33. The van der Waals surface area contributed by atoms with Crippen molar-refractivity contribution in [2.45, 2.75) is 40.0 Å². The van der Waals surface area contributed by atoms with Gasteiger partial charge in [0, 0.05) is 12.6 Å². The van der Waals surface area contributed by atoms with Crippen molar-refractivity contribution in [3.63, 3.8) is 0 Å². The second-order valence-corrected chi connectivity index (χ2v) is 4.39. The zero-order valence-electron chi connectivity index (χ0n) is 11.1. The largest absolute Gasteiger partial charge is 0.373 e. The predicted molar refractivity (Wildman–Crippen MR) is 72.9 cm³/mol. The fraction of sp³-hybridized carbons (Fsp3) is 0.467. The number of benzene rings is 1. The van der Waals surface area contributed by atoms with Crippen LogP contribution in [0.4, 0.5) is 0 Å². The van der Waals surface area contributed by atoms with Crippen LogP contribution in [-0.2, 0) is 17.9 Å². The third-order valence-corrected chi connectivity index (χ3v) is 2.53. The van der Waals surface area contributed by atoms with Crippen molar-refractivity contribution in [2.24, 2.45) is 0 Å². The van der Waals surface area contributed by atoms with E-state index in [0.717, 1.165) is 6.54 Å². The van der Waals surface area contributed by atoms with E-state index in [9.17, 15) is 0 Å². The summed E-state index contributed by atoms with van der Waals surface area (Å²) in [6, 6.07) is 8.93. The molecule has 0 unspecified atom stereocenters. The van der Waals surface area contributed by atoms with Gasteiger partial charge in [-0.2, -0.15) is 0 Å². The minimum absolute atomic E-state index is 0.506. The molecule has 94 valence electrons. The number of rotatable bonds is 7. The van der Waals surface area contributed by atoms with E-state index in [1.165, 1.54) is 11.1 Å². The fourth-order valence-corrected chi connectivity index (χ4v) is 1.52. The normalized spacial score (nSPS) is 11.5. The lowest BCUT2D eigenvalue weighted by atomic mass is 10.1. The van der Waals surface area contributed by atoms with Crippen LogP contribution in [0, 0.1) is 0 Å². The highest BCUT2D eigenvalue weighted by molar-refractivity contribution is 5.26. The molecular weight excluding hydrogens is 210 g/mol. The van der Waals surface area contributed by atoms with Gasteiger partial charge in [0.1, 0.15) is 0 Å². The zero-order valence-corrected chi connectivity index (χ0v) is 11.1. The first-order chi connectivity index (χ1) is 8.24. The first-order valence-corrected chi connectivity index (χ1v) is 6.23. The first kappa shape index (κ1) is 13.9. The summed E-state index contributed by atoms with van der Waals surface area (Å²) < 4.78 is 5.59. The fourth-order valence-electron chi connectivity index (χ4n) is 1.52. The van der Waals surface area contributed by atoms with E-state index >= 15 is 0 Å². The molecule has 0 radical (unpaired) electrons. The van der Waals surface area contributed by atoms with Crippen LogP contribution >= 0.6 is 0 Å². The molecule has 0 heterocycles. The van der Waals surface area contributed by atoms with Gasteiger partial charge in [0.05, 0.1) is 13.2 Å². The van der Waals surface area contributed by atoms with E-state index in [1.807, 2.05) is 19.1 Å².